The van der Waals surface area contributed by atoms with E-state index in [2.05, 4.69) is 4.74 Å². The molecule has 0 amide bonds. The third-order valence-electron chi connectivity index (χ3n) is 4.85. The molecule has 0 heterocycles. The summed E-state index contributed by atoms with van der Waals surface area (Å²) in [6, 6.07) is 2.53. The summed E-state index contributed by atoms with van der Waals surface area (Å²) in [5.41, 5.74) is 0. The van der Waals surface area contributed by atoms with Crippen molar-refractivity contribution in [2.45, 2.75) is 51.3 Å². The average molecular weight is 388 g/mol. The van der Waals surface area contributed by atoms with Gasteiger partial charge >= 0.3 is 6.36 Å². The zero-order valence-corrected chi connectivity index (χ0v) is 15.1. The summed E-state index contributed by atoms with van der Waals surface area (Å²) in [7, 11) is 0. The molecule has 0 spiro atoms. The van der Waals surface area contributed by atoms with Crippen molar-refractivity contribution in [1.29, 1.82) is 0 Å². The van der Waals surface area contributed by atoms with Crippen molar-refractivity contribution in [2.75, 3.05) is 13.2 Å². The Morgan fingerprint density at radius 1 is 1.04 bits per heavy atom. The quantitative estimate of drug-likeness (QED) is 0.278. The van der Waals surface area contributed by atoms with Gasteiger partial charge in [0.15, 0.2) is 11.5 Å². The zero-order valence-electron chi connectivity index (χ0n) is 15.1. The molecule has 3 nitrogen and oxygen atoms in total. The van der Waals surface area contributed by atoms with Crippen molar-refractivity contribution in [3.8, 4) is 17.2 Å². The van der Waals surface area contributed by atoms with Crippen LogP contribution in [-0.4, -0.2) is 19.6 Å². The van der Waals surface area contributed by atoms with E-state index in [4.69, 9.17) is 9.47 Å². The molecule has 2 aliphatic rings. The maximum Gasteiger partial charge on any atom is 0.573 e. The summed E-state index contributed by atoms with van der Waals surface area (Å²) in [5.74, 6) is -1.52. The van der Waals surface area contributed by atoms with E-state index in [-0.39, 0.29) is 24.7 Å². The third kappa shape index (κ3) is 6.33. The molecule has 0 atom stereocenters. The number of hydrogen-bond donors (Lipinski definition) is 0. The van der Waals surface area contributed by atoms with Crippen molar-refractivity contribution < 1.29 is 31.8 Å². The highest BCUT2D eigenvalue weighted by Gasteiger charge is 2.35. The van der Waals surface area contributed by atoms with Crippen LogP contribution in [-0.2, 0) is 0 Å². The van der Waals surface area contributed by atoms with Gasteiger partial charge in [-0.1, -0.05) is 31.4 Å². The minimum Gasteiger partial charge on any atom is -0.490 e. The van der Waals surface area contributed by atoms with Gasteiger partial charge < -0.3 is 14.2 Å². The van der Waals surface area contributed by atoms with E-state index in [9.17, 15) is 17.6 Å². The van der Waals surface area contributed by atoms with Crippen molar-refractivity contribution in [3.63, 3.8) is 0 Å². The highest BCUT2D eigenvalue weighted by molar-refractivity contribution is 5.47. The third-order valence-corrected chi connectivity index (χ3v) is 4.85. The first-order valence-electron chi connectivity index (χ1n) is 9.43. The van der Waals surface area contributed by atoms with Gasteiger partial charge in [-0.25, -0.2) is 0 Å². The van der Waals surface area contributed by atoms with Gasteiger partial charge in [-0.15, -0.1) is 13.2 Å². The molecule has 0 aromatic heterocycles. The number of benzene rings is 1. The molecule has 3 rings (SSSR count). The lowest BCUT2D eigenvalue weighted by molar-refractivity contribution is -0.276. The van der Waals surface area contributed by atoms with Gasteiger partial charge in [-0.05, 0) is 49.7 Å². The summed E-state index contributed by atoms with van der Waals surface area (Å²) < 4.78 is 67.0. The molecule has 0 aliphatic heterocycles. The fraction of sp³-hybridized carbons (Fsp3) is 0.600. The van der Waals surface area contributed by atoms with Gasteiger partial charge in [0.2, 0.25) is 11.6 Å². The lowest BCUT2D eigenvalue weighted by atomic mass is 9.82. The molecule has 0 saturated heterocycles. The molecule has 150 valence electrons. The first-order valence-corrected chi connectivity index (χ1v) is 9.43. The Hall–Kier alpha value is -1.92. The SMILES string of the molecule is Fc1c(OC/C=C/C2CC2)ccc(OCCCC2CCC2)c1OC(F)(F)F. The number of ether oxygens (including phenoxy) is 3. The number of rotatable bonds is 10. The molecule has 0 radical (unpaired) electrons. The largest absolute Gasteiger partial charge is 0.573 e. The van der Waals surface area contributed by atoms with Crippen LogP contribution < -0.4 is 14.2 Å². The molecule has 2 aliphatic carbocycles. The Bertz CT molecular complexity index is 649. The molecular weight excluding hydrogens is 364 g/mol. The Morgan fingerprint density at radius 3 is 2.41 bits per heavy atom. The number of allylic oxidation sites excluding steroid dienone is 1. The maximum absolute atomic E-state index is 14.5. The molecule has 27 heavy (non-hydrogen) atoms. The Morgan fingerprint density at radius 2 is 1.78 bits per heavy atom. The van der Waals surface area contributed by atoms with Gasteiger partial charge in [-0.3, -0.25) is 0 Å². The van der Waals surface area contributed by atoms with E-state index in [0.29, 0.717) is 18.3 Å². The minimum atomic E-state index is -5.02. The van der Waals surface area contributed by atoms with Crippen LogP contribution in [0.5, 0.6) is 17.2 Å². The van der Waals surface area contributed by atoms with Gasteiger partial charge in [0.05, 0.1) is 6.61 Å². The zero-order chi connectivity index (χ0) is 19.3. The van der Waals surface area contributed by atoms with Crippen molar-refractivity contribution >= 4 is 0 Å². The molecule has 1 aromatic rings. The molecule has 2 fully saturated rings. The Labute approximate surface area is 156 Å². The van der Waals surface area contributed by atoms with Crippen LogP contribution in [0.2, 0.25) is 0 Å². The molecule has 0 N–H and O–H groups in total. The van der Waals surface area contributed by atoms with Gasteiger partial charge in [0.1, 0.15) is 6.61 Å². The second kappa shape index (κ2) is 8.85. The topological polar surface area (TPSA) is 27.7 Å². The molecular formula is C20H24F4O3. The fourth-order valence-corrected chi connectivity index (χ4v) is 2.97. The van der Waals surface area contributed by atoms with Gasteiger partial charge in [0.25, 0.3) is 0 Å². The monoisotopic (exact) mass is 388 g/mol. The smallest absolute Gasteiger partial charge is 0.490 e. The molecule has 0 bridgehead atoms. The standard InChI is InChI=1S/C20H24F4O3/c21-18-16(25-12-3-7-15-8-9-15)10-11-17(19(18)27-20(22,23)24)26-13-2-6-14-4-1-5-14/h3,7,10-11,14-15H,1-2,4-6,8-9,12-13H2/b7-3+. The highest BCUT2D eigenvalue weighted by atomic mass is 19.4. The normalized spacial score (nSPS) is 17.8. The lowest BCUT2D eigenvalue weighted by Crippen LogP contribution is -2.19. The van der Waals surface area contributed by atoms with E-state index in [1.54, 1.807) is 6.08 Å². The lowest BCUT2D eigenvalue weighted by Gasteiger charge is -2.25. The molecule has 7 heteroatoms. The molecule has 0 unspecified atom stereocenters. The van der Waals surface area contributed by atoms with Crippen LogP contribution in [0, 0.1) is 17.7 Å². The van der Waals surface area contributed by atoms with Crippen LogP contribution in [0.1, 0.15) is 44.9 Å². The summed E-state index contributed by atoms with van der Waals surface area (Å²) in [5, 5.41) is 0. The van der Waals surface area contributed by atoms with E-state index in [0.717, 1.165) is 19.3 Å². The van der Waals surface area contributed by atoms with Crippen LogP contribution in [0.15, 0.2) is 24.3 Å². The first kappa shape index (κ1) is 19.8. The minimum absolute atomic E-state index is 0.0838. The summed E-state index contributed by atoms with van der Waals surface area (Å²) in [6.07, 6.45) is 6.23. The number of halogens is 4. The predicted molar refractivity (Wildman–Crippen MR) is 92.5 cm³/mol. The van der Waals surface area contributed by atoms with Gasteiger partial charge in [-0.2, -0.15) is 4.39 Å². The second-order valence-electron chi connectivity index (χ2n) is 7.12. The summed E-state index contributed by atoms with van der Waals surface area (Å²) in [6.45, 7) is 0.301. The van der Waals surface area contributed by atoms with Crippen LogP contribution in [0.3, 0.4) is 0 Å². The highest BCUT2D eigenvalue weighted by Crippen LogP contribution is 2.39. The first-order chi connectivity index (χ1) is 12.9. The number of alkyl halides is 3. The van der Waals surface area contributed by atoms with Crippen molar-refractivity contribution in [2.24, 2.45) is 11.8 Å². The van der Waals surface area contributed by atoms with Crippen LogP contribution >= 0.6 is 0 Å². The van der Waals surface area contributed by atoms with E-state index in [1.807, 2.05) is 6.08 Å². The Kier molecular flexibility index (Phi) is 6.50. The molecule has 2 saturated carbocycles. The fourth-order valence-electron chi connectivity index (χ4n) is 2.97. The van der Waals surface area contributed by atoms with Crippen LogP contribution in [0.25, 0.3) is 0 Å². The van der Waals surface area contributed by atoms with Crippen molar-refractivity contribution in [1.82, 2.24) is 0 Å². The number of hydrogen-bond acceptors (Lipinski definition) is 3. The maximum atomic E-state index is 14.5. The van der Waals surface area contributed by atoms with E-state index >= 15 is 0 Å². The molecule has 1 aromatic carbocycles. The second-order valence-corrected chi connectivity index (χ2v) is 7.12. The van der Waals surface area contributed by atoms with E-state index in [1.165, 1.54) is 31.4 Å². The van der Waals surface area contributed by atoms with E-state index < -0.39 is 17.9 Å². The average Bonchev–Trinajstić information content (AvgIpc) is 3.37. The predicted octanol–water partition coefficient (Wildman–Crippen LogP) is 6.03. The summed E-state index contributed by atoms with van der Waals surface area (Å²) in [4.78, 5) is 0. The summed E-state index contributed by atoms with van der Waals surface area (Å²) >= 11 is 0. The van der Waals surface area contributed by atoms with Gasteiger partial charge in [0, 0.05) is 0 Å². The van der Waals surface area contributed by atoms with Crippen LogP contribution in [0.4, 0.5) is 17.6 Å². The van der Waals surface area contributed by atoms with Crippen molar-refractivity contribution in [3.05, 3.63) is 30.1 Å². The Balaban J connectivity index is 1.61.